The molecule has 0 saturated carbocycles. The van der Waals surface area contributed by atoms with Gasteiger partial charge in [-0.3, -0.25) is 4.79 Å². The zero-order chi connectivity index (χ0) is 17.8. The Labute approximate surface area is 147 Å². The number of benzene rings is 1. The lowest BCUT2D eigenvalue weighted by molar-refractivity contribution is 0.0936. The maximum Gasteiger partial charge on any atom is 0.253 e. The number of aryl methyl sites for hydroxylation is 1. The second-order valence-electron chi connectivity index (χ2n) is 6.48. The molecule has 2 aromatic rings. The van der Waals surface area contributed by atoms with Gasteiger partial charge in [-0.1, -0.05) is 6.07 Å². The number of phenolic OH excluding ortho intramolecular Hbond substituents is 1. The number of rotatable bonds is 6. The Hall–Kier alpha value is -2.60. The van der Waals surface area contributed by atoms with Crippen LogP contribution in [-0.2, 0) is 6.42 Å². The summed E-state index contributed by atoms with van der Waals surface area (Å²) in [7, 11) is 3.95. The Morgan fingerprint density at radius 1 is 1.36 bits per heavy atom. The van der Waals surface area contributed by atoms with E-state index in [1.807, 2.05) is 25.1 Å². The van der Waals surface area contributed by atoms with Crippen molar-refractivity contribution >= 4 is 5.91 Å². The second kappa shape index (κ2) is 7.53. The lowest BCUT2D eigenvalue weighted by atomic mass is 10.1. The summed E-state index contributed by atoms with van der Waals surface area (Å²) >= 11 is 0. The van der Waals surface area contributed by atoms with Crippen LogP contribution in [0.5, 0.6) is 11.6 Å². The third kappa shape index (κ3) is 4.28. The molecule has 1 aliphatic carbocycles. The van der Waals surface area contributed by atoms with Crippen LogP contribution in [0.15, 0.2) is 36.5 Å². The summed E-state index contributed by atoms with van der Waals surface area (Å²) < 4.78 is 5.53. The van der Waals surface area contributed by atoms with Crippen molar-refractivity contribution in [1.29, 1.82) is 0 Å². The maximum absolute atomic E-state index is 12.4. The van der Waals surface area contributed by atoms with Crippen LogP contribution in [0.25, 0.3) is 0 Å². The van der Waals surface area contributed by atoms with Crippen molar-refractivity contribution in [2.24, 2.45) is 0 Å². The summed E-state index contributed by atoms with van der Waals surface area (Å²) in [5.74, 6) is 0.559. The first-order valence-electron chi connectivity index (χ1n) is 8.39. The van der Waals surface area contributed by atoms with Gasteiger partial charge >= 0.3 is 0 Å². The molecule has 1 amide bonds. The number of carbonyl (C=O) groups excluding carboxylic acids is 1. The Balaban J connectivity index is 1.60. The molecule has 6 nitrogen and oxygen atoms in total. The number of hydrogen-bond donors (Lipinski definition) is 2. The standard InChI is InChI=1S/C19H23N3O3/c1-22(2)9-10-25-18-8-5-14(12-20-18)19(24)21-17-7-4-13-3-6-15(23)11-16(13)17/h3,5-6,8,11-12,17,23H,4,7,9-10H2,1-2H3,(H,21,24). The Morgan fingerprint density at radius 2 is 2.20 bits per heavy atom. The van der Waals surface area contributed by atoms with E-state index in [0.29, 0.717) is 18.1 Å². The molecule has 0 aliphatic heterocycles. The molecule has 25 heavy (non-hydrogen) atoms. The number of fused-ring (bicyclic) bond motifs is 1. The first-order valence-corrected chi connectivity index (χ1v) is 8.39. The van der Waals surface area contributed by atoms with Crippen LogP contribution in [-0.4, -0.2) is 48.1 Å². The molecule has 1 heterocycles. The van der Waals surface area contributed by atoms with Gasteiger partial charge < -0.3 is 20.1 Å². The number of aromatic nitrogens is 1. The van der Waals surface area contributed by atoms with Gasteiger partial charge in [0, 0.05) is 18.8 Å². The molecule has 0 saturated heterocycles. The molecule has 0 bridgehead atoms. The zero-order valence-corrected chi connectivity index (χ0v) is 14.5. The number of nitrogens with zero attached hydrogens (tertiary/aromatic N) is 2. The fourth-order valence-corrected chi connectivity index (χ4v) is 2.91. The number of amides is 1. The van der Waals surface area contributed by atoms with Gasteiger partial charge in [0.15, 0.2) is 0 Å². The molecule has 132 valence electrons. The van der Waals surface area contributed by atoms with Crippen molar-refractivity contribution in [3.63, 3.8) is 0 Å². The van der Waals surface area contributed by atoms with Gasteiger partial charge in [0.1, 0.15) is 12.4 Å². The number of hydrogen-bond acceptors (Lipinski definition) is 5. The molecular formula is C19H23N3O3. The van der Waals surface area contributed by atoms with E-state index in [1.165, 1.54) is 11.8 Å². The lowest BCUT2D eigenvalue weighted by Gasteiger charge is -2.14. The minimum absolute atomic E-state index is 0.0781. The third-order valence-electron chi connectivity index (χ3n) is 4.30. The lowest BCUT2D eigenvalue weighted by Crippen LogP contribution is -2.27. The number of pyridine rings is 1. The fourth-order valence-electron chi connectivity index (χ4n) is 2.91. The molecule has 2 N–H and O–H groups in total. The van der Waals surface area contributed by atoms with E-state index in [2.05, 4.69) is 10.3 Å². The van der Waals surface area contributed by atoms with E-state index in [-0.39, 0.29) is 17.7 Å². The van der Waals surface area contributed by atoms with E-state index < -0.39 is 0 Å². The molecular weight excluding hydrogens is 318 g/mol. The smallest absolute Gasteiger partial charge is 0.253 e. The molecule has 0 spiro atoms. The quantitative estimate of drug-likeness (QED) is 0.842. The molecule has 1 aromatic heterocycles. The van der Waals surface area contributed by atoms with Gasteiger partial charge in [-0.05, 0) is 56.3 Å². The monoisotopic (exact) mass is 341 g/mol. The topological polar surface area (TPSA) is 74.7 Å². The molecule has 0 fully saturated rings. The number of likely N-dealkylation sites (N-methyl/N-ethyl adjacent to an activating group) is 1. The minimum atomic E-state index is -0.173. The largest absolute Gasteiger partial charge is 0.508 e. The van der Waals surface area contributed by atoms with Crippen molar-refractivity contribution in [2.75, 3.05) is 27.2 Å². The van der Waals surface area contributed by atoms with Crippen molar-refractivity contribution in [3.8, 4) is 11.6 Å². The van der Waals surface area contributed by atoms with Crippen molar-refractivity contribution in [3.05, 3.63) is 53.2 Å². The van der Waals surface area contributed by atoms with Crippen LogP contribution in [0.2, 0.25) is 0 Å². The highest BCUT2D eigenvalue weighted by Gasteiger charge is 2.24. The average Bonchev–Trinajstić information content (AvgIpc) is 2.97. The number of nitrogens with one attached hydrogen (secondary N) is 1. The summed E-state index contributed by atoms with van der Waals surface area (Å²) in [6.45, 7) is 1.35. The van der Waals surface area contributed by atoms with Crippen LogP contribution in [0.3, 0.4) is 0 Å². The average molecular weight is 341 g/mol. The van der Waals surface area contributed by atoms with Gasteiger partial charge in [-0.2, -0.15) is 0 Å². The van der Waals surface area contributed by atoms with E-state index in [0.717, 1.165) is 24.9 Å². The van der Waals surface area contributed by atoms with Gasteiger partial charge in [0.25, 0.3) is 5.91 Å². The SMILES string of the molecule is CN(C)CCOc1ccc(C(=O)NC2CCc3ccc(O)cc32)cn1. The van der Waals surface area contributed by atoms with Gasteiger partial charge in [0.2, 0.25) is 5.88 Å². The van der Waals surface area contributed by atoms with Crippen LogP contribution in [0, 0.1) is 0 Å². The fraction of sp³-hybridized carbons (Fsp3) is 0.368. The highest BCUT2D eigenvalue weighted by Crippen LogP contribution is 2.33. The minimum Gasteiger partial charge on any atom is -0.508 e. The summed E-state index contributed by atoms with van der Waals surface area (Å²) in [5, 5.41) is 12.7. The predicted molar refractivity (Wildman–Crippen MR) is 94.9 cm³/mol. The van der Waals surface area contributed by atoms with Crippen LogP contribution < -0.4 is 10.1 Å². The first kappa shape index (κ1) is 17.2. The Bertz CT molecular complexity index is 744. The Morgan fingerprint density at radius 3 is 2.92 bits per heavy atom. The predicted octanol–water partition coefficient (Wildman–Crippen LogP) is 2.14. The zero-order valence-electron chi connectivity index (χ0n) is 14.5. The second-order valence-corrected chi connectivity index (χ2v) is 6.48. The highest BCUT2D eigenvalue weighted by molar-refractivity contribution is 5.94. The maximum atomic E-state index is 12.4. The number of aromatic hydroxyl groups is 1. The molecule has 1 aliphatic rings. The first-order chi connectivity index (χ1) is 12.0. The number of carbonyl (C=O) groups is 1. The summed E-state index contributed by atoms with van der Waals surface area (Å²) in [4.78, 5) is 18.7. The van der Waals surface area contributed by atoms with E-state index >= 15 is 0 Å². The van der Waals surface area contributed by atoms with Gasteiger partial charge in [-0.15, -0.1) is 0 Å². The van der Waals surface area contributed by atoms with Crippen LogP contribution in [0.4, 0.5) is 0 Å². The van der Waals surface area contributed by atoms with E-state index in [4.69, 9.17) is 4.74 Å². The summed E-state index contributed by atoms with van der Waals surface area (Å²) in [5.41, 5.74) is 2.66. The normalized spacial score (nSPS) is 15.9. The number of ether oxygens (including phenoxy) is 1. The highest BCUT2D eigenvalue weighted by atomic mass is 16.5. The summed E-state index contributed by atoms with van der Waals surface area (Å²) in [6, 6.07) is 8.67. The van der Waals surface area contributed by atoms with Gasteiger partial charge in [0.05, 0.1) is 11.6 Å². The van der Waals surface area contributed by atoms with E-state index in [9.17, 15) is 9.90 Å². The molecule has 6 heteroatoms. The summed E-state index contributed by atoms with van der Waals surface area (Å²) in [6.07, 6.45) is 3.26. The van der Waals surface area contributed by atoms with E-state index in [1.54, 1.807) is 24.3 Å². The molecule has 1 aromatic carbocycles. The third-order valence-corrected chi connectivity index (χ3v) is 4.30. The molecule has 3 rings (SSSR count). The van der Waals surface area contributed by atoms with Crippen molar-refractivity contribution in [2.45, 2.75) is 18.9 Å². The molecule has 1 unspecified atom stereocenters. The van der Waals surface area contributed by atoms with Crippen molar-refractivity contribution in [1.82, 2.24) is 15.2 Å². The van der Waals surface area contributed by atoms with Crippen LogP contribution >= 0.6 is 0 Å². The molecule has 0 radical (unpaired) electrons. The number of phenols is 1. The van der Waals surface area contributed by atoms with Crippen LogP contribution in [0.1, 0.15) is 33.9 Å². The molecule has 1 atom stereocenters. The van der Waals surface area contributed by atoms with Crippen molar-refractivity contribution < 1.29 is 14.6 Å². The van der Waals surface area contributed by atoms with Gasteiger partial charge in [-0.25, -0.2) is 4.98 Å². The Kier molecular flexibility index (Phi) is 5.19.